The maximum atomic E-state index is 13.9. The average molecular weight is 299 g/mol. The van der Waals surface area contributed by atoms with Crippen molar-refractivity contribution in [2.45, 2.75) is 32.4 Å². The summed E-state index contributed by atoms with van der Waals surface area (Å²) >= 11 is 0. The highest BCUT2D eigenvalue weighted by atomic mass is 19.1. The lowest BCUT2D eigenvalue weighted by Crippen LogP contribution is -2.24. The van der Waals surface area contributed by atoms with Crippen molar-refractivity contribution in [3.63, 3.8) is 0 Å². The molecule has 3 rings (SSSR count). The summed E-state index contributed by atoms with van der Waals surface area (Å²) in [5, 5.41) is 6.05. The molecular formula is C17H18FN3O. The molecule has 5 heteroatoms. The molecule has 0 atom stereocenters. The van der Waals surface area contributed by atoms with Crippen LogP contribution in [0.1, 0.15) is 34.3 Å². The number of anilines is 1. The molecule has 0 radical (unpaired) electrons. The Kier molecular flexibility index (Phi) is 4.04. The number of nitrogens with zero attached hydrogens (tertiary/aromatic N) is 1. The number of hydrogen-bond donors (Lipinski definition) is 2. The number of rotatable bonds is 5. The smallest absolute Gasteiger partial charge is 0.254 e. The number of nitrogens with one attached hydrogen (secondary N) is 2. The third kappa shape index (κ3) is 3.42. The molecule has 1 aliphatic rings. The second kappa shape index (κ2) is 6.13. The minimum Gasteiger partial charge on any atom is -0.367 e. The Morgan fingerprint density at radius 3 is 2.95 bits per heavy atom. The average Bonchev–Trinajstić information content (AvgIpc) is 3.32. The summed E-state index contributed by atoms with van der Waals surface area (Å²) in [6.45, 7) is 1.99. The molecule has 0 aliphatic heterocycles. The normalized spacial score (nSPS) is 13.7. The van der Waals surface area contributed by atoms with E-state index in [1.54, 1.807) is 25.3 Å². The molecule has 1 aromatic carbocycles. The lowest BCUT2D eigenvalue weighted by atomic mass is 10.1. The summed E-state index contributed by atoms with van der Waals surface area (Å²) < 4.78 is 13.9. The van der Waals surface area contributed by atoms with Crippen LogP contribution in [0.25, 0.3) is 0 Å². The van der Waals surface area contributed by atoms with Gasteiger partial charge in [0.1, 0.15) is 11.6 Å². The first-order valence-electron chi connectivity index (χ1n) is 7.38. The van der Waals surface area contributed by atoms with Crippen LogP contribution in [0.3, 0.4) is 0 Å². The quantitative estimate of drug-likeness (QED) is 0.892. The number of amides is 1. The minimum atomic E-state index is -0.467. The molecule has 0 spiro atoms. The van der Waals surface area contributed by atoms with Crippen molar-refractivity contribution in [3.8, 4) is 0 Å². The van der Waals surface area contributed by atoms with E-state index < -0.39 is 11.7 Å². The van der Waals surface area contributed by atoms with Crippen LogP contribution in [0.5, 0.6) is 0 Å². The van der Waals surface area contributed by atoms with Gasteiger partial charge in [-0.25, -0.2) is 9.37 Å². The molecule has 1 amide bonds. The van der Waals surface area contributed by atoms with Crippen LogP contribution in [0.2, 0.25) is 0 Å². The van der Waals surface area contributed by atoms with E-state index in [0.29, 0.717) is 18.2 Å². The molecule has 0 unspecified atom stereocenters. The molecule has 4 nitrogen and oxygen atoms in total. The van der Waals surface area contributed by atoms with Gasteiger partial charge in [-0.05, 0) is 49.1 Å². The molecular weight excluding hydrogens is 281 g/mol. The highest BCUT2D eigenvalue weighted by Gasteiger charge is 2.21. The van der Waals surface area contributed by atoms with Crippen molar-refractivity contribution in [2.75, 3.05) is 5.32 Å². The second-order valence-corrected chi connectivity index (χ2v) is 5.59. The summed E-state index contributed by atoms with van der Waals surface area (Å²) in [5.41, 5.74) is 1.47. The molecule has 1 heterocycles. The fourth-order valence-electron chi connectivity index (χ4n) is 2.20. The lowest BCUT2D eigenvalue weighted by molar-refractivity contribution is 0.0946. The van der Waals surface area contributed by atoms with Gasteiger partial charge in [-0.15, -0.1) is 0 Å². The lowest BCUT2D eigenvalue weighted by Gasteiger charge is -2.09. The summed E-state index contributed by atoms with van der Waals surface area (Å²) in [6, 6.07) is 9.08. The fourth-order valence-corrected chi connectivity index (χ4v) is 2.20. The van der Waals surface area contributed by atoms with Crippen molar-refractivity contribution in [2.24, 2.45) is 0 Å². The Hall–Kier alpha value is -2.43. The number of pyridine rings is 1. The van der Waals surface area contributed by atoms with Crippen LogP contribution in [-0.4, -0.2) is 16.9 Å². The SMILES string of the molecule is Cc1cccc(C(=O)NCc2ccnc(NC3CC3)c2)c1F. The van der Waals surface area contributed by atoms with E-state index in [0.717, 1.165) is 11.4 Å². The number of hydrogen-bond acceptors (Lipinski definition) is 3. The Morgan fingerprint density at radius 2 is 2.18 bits per heavy atom. The summed E-state index contributed by atoms with van der Waals surface area (Å²) in [5.74, 6) is -0.0588. The van der Waals surface area contributed by atoms with E-state index in [-0.39, 0.29) is 5.56 Å². The van der Waals surface area contributed by atoms with Crippen LogP contribution in [-0.2, 0) is 6.54 Å². The van der Waals surface area contributed by atoms with Gasteiger partial charge in [0.25, 0.3) is 5.91 Å². The fraction of sp³-hybridized carbons (Fsp3) is 0.294. The molecule has 1 saturated carbocycles. The zero-order valence-corrected chi connectivity index (χ0v) is 12.4. The van der Waals surface area contributed by atoms with E-state index in [4.69, 9.17) is 0 Å². The highest BCUT2D eigenvalue weighted by Crippen LogP contribution is 2.23. The zero-order chi connectivity index (χ0) is 15.5. The van der Waals surface area contributed by atoms with Crippen molar-refractivity contribution < 1.29 is 9.18 Å². The van der Waals surface area contributed by atoms with E-state index in [9.17, 15) is 9.18 Å². The van der Waals surface area contributed by atoms with Gasteiger partial charge >= 0.3 is 0 Å². The number of benzene rings is 1. The van der Waals surface area contributed by atoms with Crippen LogP contribution in [0.4, 0.5) is 10.2 Å². The molecule has 1 aliphatic carbocycles. The number of carbonyl (C=O) groups excluding carboxylic acids is 1. The highest BCUT2D eigenvalue weighted by molar-refractivity contribution is 5.94. The minimum absolute atomic E-state index is 0.0744. The van der Waals surface area contributed by atoms with Crippen molar-refractivity contribution in [1.82, 2.24) is 10.3 Å². The summed E-state index contributed by atoms with van der Waals surface area (Å²) in [4.78, 5) is 16.3. The Morgan fingerprint density at radius 1 is 1.36 bits per heavy atom. The molecule has 22 heavy (non-hydrogen) atoms. The van der Waals surface area contributed by atoms with Gasteiger partial charge in [0.15, 0.2) is 0 Å². The number of halogens is 1. The van der Waals surface area contributed by atoms with Gasteiger partial charge in [-0.3, -0.25) is 4.79 Å². The van der Waals surface area contributed by atoms with Crippen LogP contribution in [0, 0.1) is 12.7 Å². The van der Waals surface area contributed by atoms with Crippen LogP contribution < -0.4 is 10.6 Å². The first-order valence-corrected chi connectivity index (χ1v) is 7.38. The maximum absolute atomic E-state index is 13.9. The van der Waals surface area contributed by atoms with Crippen LogP contribution in [0.15, 0.2) is 36.5 Å². The summed E-state index contributed by atoms with van der Waals surface area (Å²) in [7, 11) is 0. The first-order chi connectivity index (χ1) is 10.6. The van der Waals surface area contributed by atoms with E-state index in [2.05, 4.69) is 15.6 Å². The zero-order valence-electron chi connectivity index (χ0n) is 12.4. The maximum Gasteiger partial charge on any atom is 0.254 e. The number of aryl methyl sites for hydroxylation is 1. The van der Waals surface area contributed by atoms with Crippen LogP contribution >= 0.6 is 0 Å². The molecule has 0 bridgehead atoms. The Bertz CT molecular complexity index is 698. The summed E-state index contributed by atoms with van der Waals surface area (Å²) in [6.07, 6.45) is 4.06. The van der Waals surface area contributed by atoms with Crippen molar-refractivity contribution in [1.29, 1.82) is 0 Å². The van der Waals surface area contributed by atoms with Gasteiger partial charge in [0.05, 0.1) is 5.56 Å². The van der Waals surface area contributed by atoms with Crippen molar-refractivity contribution in [3.05, 3.63) is 59.0 Å². The topological polar surface area (TPSA) is 54.0 Å². The van der Waals surface area contributed by atoms with Gasteiger partial charge in [0, 0.05) is 18.8 Å². The largest absolute Gasteiger partial charge is 0.367 e. The predicted octanol–water partition coefficient (Wildman–Crippen LogP) is 3.03. The van der Waals surface area contributed by atoms with Gasteiger partial charge in [-0.2, -0.15) is 0 Å². The standard InChI is InChI=1S/C17H18FN3O/c1-11-3-2-4-14(16(11)18)17(22)20-10-12-7-8-19-15(9-12)21-13-5-6-13/h2-4,7-9,13H,5-6,10H2,1H3,(H,19,21)(H,20,22). The number of carbonyl (C=O) groups is 1. The van der Waals surface area contributed by atoms with E-state index in [1.165, 1.54) is 18.9 Å². The molecule has 2 aromatic rings. The molecule has 1 aromatic heterocycles. The third-order valence-corrected chi connectivity index (χ3v) is 3.64. The molecule has 0 saturated heterocycles. The monoisotopic (exact) mass is 299 g/mol. The van der Waals surface area contributed by atoms with E-state index >= 15 is 0 Å². The first kappa shape index (κ1) is 14.5. The second-order valence-electron chi connectivity index (χ2n) is 5.59. The van der Waals surface area contributed by atoms with Gasteiger partial charge < -0.3 is 10.6 Å². The van der Waals surface area contributed by atoms with E-state index in [1.807, 2.05) is 12.1 Å². The Labute approximate surface area is 128 Å². The van der Waals surface area contributed by atoms with Gasteiger partial charge in [-0.1, -0.05) is 12.1 Å². The van der Waals surface area contributed by atoms with Crippen molar-refractivity contribution >= 4 is 11.7 Å². The van der Waals surface area contributed by atoms with Gasteiger partial charge in [0.2, 0.25) is 0 Å². The Balaban J connectivity index is 1.64. The molecule has 114 valence electrons. The number of aromatic nitrogens is 1. The third-order valence-electron chi connectivity index (χ3n) is 3.64. The molecule has 1 fully saturated rings. The predicted molar refractivity (Wildman–Crippen MR) is 83.2 cm³/mol. The molecule has 2 N–H and O–H groups in total.